The number of amidine groups is 1. The van der Waals surface area contributed by atoms with Crippen molar-refractivity contribution in [3.63, 3.8) is 0 Å². The molecule has 0 saturated carbocycles. The average Bonchev–Trinajstić information content (AvgIpc) is 2.73. The zero-order valence-electron chi connectivity index (χ0n) is 12.8. The van der Waals surface area contributed by atoms with Gasteiger partial charge in [0.1, 0.15) is 0 Å². The van der Waals surface area contributed by atoms with Crippen LogP contribution in [0.25, 0.3) is 0 Å². The van der Waals surface area contributed by atoms with Gasteiger partial charge in [-0.3, -0.25) is 4.79 Å². The highest BCUT2D eigenvalue weighted by Gasteiger charge is 2.17. The number of hydrogen-bond donors (Lipinski definition) is 2. The Kier molecular flexibility index (Phi) is 6.76. The van der Waals surface area contributed by atoms with E-state index in [9.17, 15) is 4.79 Å². The lowest BCUT2D eigenvalue weighted by Crippen LogP contribution is -2.17. The summed E-state index contributed by atoms with van der Waals surface area (Å²) in [6, 6.07) is 8.30. The van der Waals surface area contributed by atoms with Crippen LogP contribution in [-0.4, -0.2) is 36.6 Å². The van der Waals surface area contributed by atoms with Gasteiger partial charge in [-0.2, -0.15) is 4.99 Å². The molecule has 1 aliphatic rings. The molecule has 0 saturated heterocycles. The van der Waals surface area contributed by atoms with Gasteiger partial charge in [0, 0.05) is 25.1 Å². The molecule has 118 valence electrons. The Morgan fingerprint density at radius 3 is 2.82 bits per heavy atom. The third-order valence-electron chi connectivity index (χ3n) is 3.46. The van der Waals surface area contributed by atoms with E-state index in [1.807, 2.05) is 12.5 Å². The topological polar surface area (TPSA) is 79.8 Å². The molecule has 2 rings (SSSR count). The predicted molar refractivity (Wildman–Crippen MR) is 93.6 cm³/mol. The van der Waals surface area contributed by atoms with E-state index in [2.05, 4.69) is 39.6 Å². The molecule has 1 aromatic rings. The van der Waals surface area contributed by atoms with Crippen LogP contribution in [0, 0.1) is 0 Å². The van der Waals surface area contributed by atoms with Crippen LogP contribution in [0.15, 0.2) is 34.3 Å². The molecule has 1 aromatic carbocycles. The number of nitrogens with one attached hydrogen (secondary N) is 1. The van der Waals surface area contributed by atoms with Gasteiger partial charge in [-0.05, 0) is 36.9 Å². The molecule has 0 aromatic heterocycles. The Balaban J connectivity index is 1.97. The maximum absolute atomic E-state index is 11.8. The largest absolute Gasteiger partial charge is 0.330 e. The van der Waals surface area contributed by atoms with Crippen molar-refractivity contribution in [2.24, 2.45) is 15.7 Å². The second-order valence-corrected chi connectivity index (χ2v) is 5.92. The van der Waals surface area contributed by atoms with Crippen LogP contribution in [0.4, 0.5) is 0 Å². The van der Waals surface area contributed by atoms with Gasteiger partial charge in [-0.15, -0.1) is 0 Å². The molecule has 5 nitrogen and oxygen atoms in total. The number of nitrogens with zero attached hydrogens (tertiary/aromatic N) is 2. The molecule has 3 N–H and O–H groups in total. The van der Waals surface area contributed by atoms with Crippen molar-refractivity contribution in [1.82, 2.24) is 5.32 Å². The summed E-state index contributed by atoms with van der Waals surface area (Å²) in [4.78, 5) is 20.1. The summed E-state index contributed by atoms with van der Waals surface area (Å²) >= 11 is 1.39. The van der Waals surface area contributed by atoms with Crippen LogP contribution in [0.1, 0.15) is 29.9 Å². The number of rotatable bonds is 6. The van der Waals surface area contributed by atoms with Gasteiger partial charge in [0.2, 0.25) is 5.91 Å². The highest BCUT2D eigenvalue weighted by Crippen LogP contribution is 2.22. The maximum atomic E-state index is 11.8. The SMILES string of the molecule is CSC1=NC(=O)CC(c2ccc(CNCCCN)cc2)C=N1. The molecule has 1 amide bonds. The number of thioether (sulfide) groups is 1. The quantitative estimate of drug-likeness (QED) is 0.786. The lowest BCUT2D eigenvalue weighted by molar-refractivity contribution is -0.117. The molecular formula is C16H22N4OS. The molecule has 0 radical (unpaired) electrons. The summed E-state index contributed by atoms with van der Waals surface area (Å²) in [6.45, 7) is 2.47. The van der Waals surface area contributed by atoms with Crippen LogP contribution in [0.2, 0.25) is 0 Å². The van der Waals surface area contributed by atoms with Gasteiger partial charge < -0.3 is 11.1 Å². The van der Waals surface area contributed by atoms with Gasteiger partial charge >= 0.3 is 0 Å². The van der Waals surface area contributed by atoms with Crippen molar-refractivity contribution in [3.05, 3.63) is 35.4 Å². The molecule has 0 aliphatic carbocycles. The fraction of sp³-hybridized carbons (Fsp3) is 0.438. The van der Waals surface area contributed by atoms with Gasteiger partial charge in [0.25, 0.3) is 0 Å². The molecule has 6 heteroatoms. The van der Waals surface area contributed by atoms with Crippen LogP contribution < -0.4 is 11.1 Å². The zero-order valence-corrected chi connectivity index (χ0v) is 13.6. The minimum Gasteiger partial charge on any atom is -0.330 e. The molecule has 1 aliphatic heterocycles. The van der Waals surface area contributed by atoms with Gasteiger partial charge in [-0.1, -0.05) is 36.0 Å². The van der Waals surface area contributed by atoms with E-state index in [0.717, 1.165) is 25.1 Å². The number of benzene rings is 1. The average molecular weight is 318 g/mol. The predicted octanol–water partition coefficient (Wildman–Crippen LogP) is 1.93. The second-order valence-electron chi connectivity index (χ2n) is 5.14. The monoisotopic (exact) mass is 318 g/mol. The number of aliphatic imine (C=N–C) groups is 2. The second kappa shape index (κ2) is 8.82. The summed E-state index contributed by atoms with van der Waals surface area (Å²) in [5.74, 6) is -0.112. The first-order valence-electron chi connectivity index (χ1n) is 7.42. The maximum Gasteiger partial charge on any atom is 0.249 e. The van der Waals surface area contributed by atoms with E-state index in [1.165, 1.54) is 17.3 Å². The van der Waals surface area contributed by atoms with E-state index in [0.29, 0.717) is 18.1 Å². The van der Waals surface area contributed by atoms with E-state index in [-0.39, 0.29) is 11.8 Å². The first-order valence-corrected chi connectivity index (χ1v) is 8.64. The Hall–Kier alpha value is -1.50. The zero-order chi connectivity index (χ0) is 15.8. The lowest BCUT2D eigenvalue weighted by atomic mass is 9.96. The van der Waals surface area contributed by atoms with Crippen molar-refractivity contribution < 1.29 is 4.79 Å². The molecule has 1 atom stereocenters. The molecule has 0 bridgehead atoms. The number of carbonyl (C=O) groups excluding carboxylic acids is 1. The molecule has 1 heterocycles. The van der Waals surface area contributed by atoms with Crippen LogP contribution in [0.5, 0.6) is 0 Å². The summed E-state index contributed by atoms with van der Waals surface area (Å²) in [5.41, 5.74) is 7.78. The van der Waals surface area contributed by atoms with E-state index in [4.69, 9.17) is 5.73 Å². The van der Waals surface area contributed by atoms with E-state index >= 15 is 0 Å². The minimum absolute atomic E-state index is 0.000138. The third-order valence-corrected chi connectivity index (χ3v) is 4.02. The fourth-order valence-corrected chi connectivity index (χ4v) is 2.58. The normalized spacial score (nSPS) is 18.2. The highest BCUT2D eigenvalue weighted by atomic mass is 32.2. The number of amides is 1. The van der Waals surface area contributed by atoms with Crippen molar-refractivity contribution in [1.29, 1.82) is 0 Å². The molecule has 1 unspecified atom stereocenters. The summed E-state index contributed by atoms with van der Waals surface area (Å²) in [7, 11) is 0. The molecule has 0 spiro atoms. The minimum atomic E-state index is -0.112. The number of hydrogen-bond acceptors (Lipinski definition) is 5. The third kappa shape index (κ3) is 5.05. The highest BCUT2D eigenvalue weighted by molar-refractivity contribution is 8.13. The summed E-state index contributed by atoms with van der Waals surface area (Å²) in [6.07, 6.45) is 5.06. The standard InChI is InChI=1S/C16H22N4OS/c1-22-16-19-11-14(9-15(21)20-16)13-5-3-12(4-6-13)10-18-8-2-7-17/h3-6,11,14,18H,2,7-10,17H2,1H3. The van der Waals surface area contributed by atoms with Crippen molar-refractivity contribution >= 4 is 29.1 Å². The van der Waals surface area contributed by atoms with Crippen LogP contribution in [0.3, 0.4) is 0 Å². The van der Waals surface area contributed by atoms with Crippen molar-refractivity contribution in [2.75, 3.05) is 19.3 Å². The first-order chi connectivity index (χ1) is 10.7. The lowest BCUT2D eigenvalue weighted by Gasteiger charge is -2.10. The Morgan fingerprint density at radius 1 is 1.36 bits per heavy atom. The Bertz CT molecular complexity index is 554. The number of nitrogens with two attached hydrogens (primary N) is 1. The van der Waals surface area contributed by atoms with Crippen LogP contribution >= 0.6 is 11.8 Å². The van der Waals surface area contributed by atoms with Crippen molar-refractivity contribution in [3.8, 4) is 0 Å². The first kappa shape index (κ1) is 16.9. The fourth-order valence-electron chi connectivity index (χ4n) is 2.22. The van der Waals surface area contributed by atoms with Gasteiger partial charge in [-0.25, -0.2) is 4.99 Å². The van der Waals surface area contributed by atoms with Gasteiger partial charge in [0.15, 0.2) is 5.17 Å². The van der Waals surface area contributed by atoms with E-state index < -0.39 is 0 Å². The van der Waals surface area contributed by atoms with Crippen LogP contribution in [-0.2, 0) is 11.3 Å². The van der Waals surface area contributed by atoms with Crippen molar-refractivity contribution in [2.45, 2.75) is 25.3 Å². The summed E-state index contributed by atoms with van der Waals surface area (Å²) < 4.78 is 0. The van der Waals surface area contributed by atoms with Gasteiger partial charge in [0.05, 0.1) is 0 Å². The summed E-state index contributed by atoms with van der Waals surface area (Å²) in [5, 5.41) is 3.89. The molecule has 0 fully saturated rings. The Morgan fingerprint density at radius 2 is 2.14 bits per heavy atom. The Labute approximate surface area is 135 Å². The number of carbonyl (C=O) groups is 1. The molecule has 22 heavy (non-hydrogen) atoms. The smallest absolute Gasteiger partial charge is 0.249 e. The molecular weight excluding hydrogens is 296 g/mol. The van der Waals surface area contributed by atoms with E-state index in [1.54, 1.807) is 0 Å².